The summed E-state index contributed by atoms with van der Waals surface area (Å²) in [5.41, 5.74) is -0.320. The zero-order valence-electron chi connectivity index (χ0n) is 10.3. The molecule has 1 aromatic rings. The second-order valence-corrected chi connectivity index (χ2v) is 5.24. The number of carbonyl (C=O) groups is 1. The third-order valence-corrected chi connectivity index (χ3v) is 3.40. The number of halogens is 1. The van der Waals surface area contributed by atoms with Crippen LogP contribution in [-0.4, -0.2) is 32.3 Å². The van der Waals surface area contributed by atoms with Gasteiger partial charge in [-0.1, -0.05) is 5.92 Å². The second kappa shape index (κ2) is 5.82. The molecule has 0 radical (unpaired) electrons. The first-order chi connectivity index (χ1) is 8.81. The van der Waals surface area contributed by atoms with Gasteiger partial charge in [0.15, 0.2) is 0 Å². The largest absolute Gasteiger partial charge is 0.328 e. The number of amides is 1. The van der Waals surface area contributed by atoms with E-state index in [1.807, 2.05) is 0 Å². The van der Waals surface area contributed by atoms with Crippen LogP contribution in [0.4, 0.5) is 4.39 Å². The van der Waals surface area contributed by atoms with Crippen LogP contribution >= 0.6 is 0 Å². The summed E-state index contributed by atoms with van der Waals surface area (Å²) in [4.78, 5) is 12.9. The van der Waals surface area contributed by atoms with E-state index in [0.29, 0.717) is 0 Å². The molecule has 2 N–H and O–H groups in total. The fourth-order valence-corrected chi connectivity index (χ4v) is 2.24. The van der Waals surface area contributed by atoms with E-state index in [-0.39, 0.29) is 18.7 Å². The fourth-order valence-electron chi connectivity index (χ4n) is 1.53. The molecular weight excluding hydrogens is 271 g/mol. The Labute approximate surface area is 111 Å². The number of hydrogen-bond donors (Lipinski definition) is 1. The summed E-state index contributed by atoms with van der Waals surface area (Å²) in [6.45, 7) is 1.94. The predicted octanol–water partition coefficient (Wildman–Crippen LogP) is 0.568. The van der Waals surface area contributed by atoms with Gasteiger partial charge in [-0.3, -0.25) is 4.79 Å². The monoisotopic (exact) mass is 284 g/mol. The molecule has 1 amide bonds. The molecule has 19 heavy (non-hydrogen) atoms. The van der Waals surface area contributed by atoms with Gasteiger partial charge in [-0.25, -0.2) is 17.9 Å². The van der Waals surface area contributed by atoms with Crippen molar-refractivity contribution in [1.29, 1.82) is 0 Å². The molecule has 0 aliphatic rings. The molecule has 0 unspecified atom stereocenters. The van der Waals surface area contributed by atoms with Crippen LogP contribution in [0, 0.1) is 18.2 Å². The molecular formula is C12H13FN2O3S. The van der Waals surface area contributed by atoms with Crippen LogP contribution in [0.15, 0.2) is 23.1 Å². The number of primary sulfonamides is 1. The predicted molar refractivity (Wildman–Crippen MR) is 68.2 cm³/mol. The first-order valence-corrected chi connectivity index (χ1v) is 6.91. The molecule has 0 aromatic heterocycles. The van der Waals surface area contributed by atoms with Gasteiger partial charge in [0.25, 0.3) is 5.91 Å². The van der Waals surface area contributed by atoms with Gasteiger partial charge in [-0.15, -0.1) is 6.42 Å². The van der Waals surface area contributed by atoms with Gasteiger partial charge >= 0.3 is 0 Å². The number of sulfonamides is 1. The Morgan fingerprint density at radius 3 is 2.63 bits per heavy atom. The number of hydrogen-bond acceptors (Lipinski definition) is 3. The second-order valence-electron chi connectivity index (χ2n) is 3.71. The summed E-state index contributed by atoms with van der Waals surface area (Å²) in [5.74, 6) is 0.867. The molecule has 0 bridgehead atoms. The number of rotatable bonds is 4. The lowest BCUT2D eigenvalue weighted by Gasteiger charge is -2.19. The van der Waals surface area contributed by atoms with E-state index in [2.05, 4.69) is 5.92 Å². The van der Waals surface area contributed by atoms with Crippen molar-refractivity contribution in [2.45, 2.75) is 11.8 Å². The average molecular weight is 284 g/mol. The van der Waals surface area contributed by atoms with Gasteiger partial charge in [0.2, 0.25) is 10.0 Å². The maximum Gasteiger partial charge on any atom is 0.256 e. The minimum absolute atomic E-state index is 0.00406. The topological polar surface area (TPSA) is 80.5 Å². The summed E-state index contributed by atoms with van der Waals surface area (Å²) >= 11 is 0. The molecule has 1 aromatic carbocycles. The molecule has 1 rings (SSSR count). The summed E-state index contributed by atoms with van der Waals surface area (Å²) in [7, 11) is -4.12. The van der Waals surface area contributed by atoms with Crippen LogP contribution in [0.1, 0.15) is 17.3 Å². The lowest BCUT2D eigenvalue weighted by Crippen LogP contribution is -2.32. The van der Waals surface area contributed by atoms with Crippen molar-refractivity contribution in [3.63, 3.8) is 0 Å². The highest BCUT2D eigenvalue weighted by atomic mass is 32.2. The summed E-state index contributed by atoms with van der Waals surface area (Å²) in [5, 5.41) is 5.00. The van der Waals surface area contributed by atoms with Gasteiger partial charge in [-0.05, 0) is 25.1 Å². The minimum Gasteiger partial charge on any atom is -0.328 e. The highest BCUT2D eigenvalue weighted by Gasteiger charge is 2.23. The van der Waals surface area contributed by atoms with E-state index in [1.54, 1.807) is 6.92 Å². The smallest absolute Gasteiger partial charge is 0.256 e. The molecule has 0 saturated carbocycles. The highest BCUT2D eigenvalue weighted by molar-refractivity contribution is 7.89. The van der Waals surface area contributed by atoms with Crippen molar-refractivity contribution >= 4 is 15.9 Å². The van der Waals surface area contributed by atoms with Crippen LogP contribution < -0.4 is 5.14 Å². The van der Waals surface area contributed by atoms with Gasteiger partial charge in [0.05, 0.1) is 17.0 Å². The Bertz CT molecular complexity index is 635. The number of carbonyl (C=O) groups excluding carboxylic acids is 1. The Hall–Kier alpha value is -1.91. The quantitative estimate of drug-likeness (QED) is 0.821. The lowest BCUT2D eigenvalue weighted by molar-refractivity contribution is 0.0780. The van der Waals surface area contributed by atoms with E-state index in [9.17, 15) is 17.6 Å². The Kier molecular flexibility index (Phi) is 4.64. The summed E-state index contributed by atoms with van der Waals surface area (Å²) in [6, 6.07) is 2.72. The number of terminal acetylenes is 1. The molecule has 7 heteroatoms. The maximum atomic E-state index is 13.2. The minimum atomic E-state index is -4.12. The first kappa shape index (κ1) is 15.1. The van der Waals surface area contributed by atoms with Crippen LogP contribution in [-0.2, 0) is 10.0 Å². The van der Waals surface area contributed by atoms with Gasteiger partial charge in [-0.2, -0.15) is 0 Å². The standard InChI is InChI=1S/C12H13FN2O3S/c1-3-7-15(4-2)12(16)10-8-9(13)5-6-11(10)19(14,17)18/h1,5-6,8H,4,7H2,2H3,(H2,14,17,18). The number of benzene rings is 1. The third kappa shape index (κ3) is 3.53. The summed E-state index contributed by atoms with van der Waals surface area (Å²) in [6.07, 6.45) is 5.11. The van der Waals surface area contributed by atoms with Crippen LogP contribution in [0.2, 0.25) is 0 Å². The molecule has 5 nitrogen and oxygen atoms in total. The molecule has 0 aliphatic heterocycles. The van der Waals surface area contributed by atoms with E-state index in [4.69, 9.17) is 11.6 Å². The van der Waals surface area contributed by atoms with Crippen molar-refractivity contribution in [3.05, 3.63) is 29.6 Å². The van der Waals surface area contributed by atoms with Crippen LogP contribution in [0.25, 0.3) is 0 Å². The van der Waals surface area contributed by atoms with Crippen molar-refractivity contribution < 1.29 is 17.6 Å². The SMILES string of the molecule is C#CCN(CC)C(=O)c1cc(F)ccc1S(N)(=O)=O. The van der Waals surface area contributed by atoms with E-state index < -0.39 is 26.6 Å². The lowest BCUT2D eigenvalue weighted by atomic mass is 10.2. The van der Waals surface area contributed by atoms with Gasteiger partial charge in [0.1, 0.15) is 5.82 Å². The zero-order chi connectivity index (χ0) is 14.6. The normalized spacial score (nSPS) is 10.8. The Morgan fingerprint density at radius 1 is 1.53 bits per heavy atom. The summed E-state index contributed by atoms with van der Waals surface area (Å²) < 4.78 is 36.0. The molecule has 0 fully saturated rings. The fraction of sp³-hybridized carbons (Fsp3) is 0.250. The van der Waals surface area contributed by atoms with Crippen molar-refractivity contribution in [1.82, 2.24) is 4.90 Å². The Balaban J connectivity index is 3.37. The van der Waals surface area contributed by atoms with E-state index in [1.165, 1.54) is 4.90 Å². The van der Waals surface area contributed by atoms with Crippen molar-refractivity contribution in [3.8, 4) is 12.3 Å². The average Bonchev–Trinajstić information content (AvgIpc) is 2.33. The molecule has 0 spiro atoms. The van der Waals surface area contributed by atoms with Gasteiger partial charge in [0, 0.05) is 6.54 Å². The third-order valence-electron chi connectivity index (χ3n) is 2.43. The van der Waals surface area contributed by atoms with Crippen molar-refractivity contribution in [2.75, 3.05) is 13.1 Å². The molecule has 0 saturated heterocycles. The number of nitrogens with two attached hydrogens (primary N) is 1. The maximum absolute atomic E-state index is 13.2. The zero-order valence-corrected chi connectivity index (χ0v) is 11.1. The first-order valence-electron chi connectivity index (χ1n) is 5.36. The molecule has 0 atom stereocenters. The molecule has 102 valence electrons. The number of nitrogens with zero attached hydrogens (tertiary/aromatic N) is 1. The van der Waals surface area contributed by atoms with Crippen molar-refractivity contribution in [2.24, 2.45) is 5.14 Å². The highest BCUT2D eigenvalue weighted by Crippen LogP contribution is 2.17. The van der Waals surface area contributed by atoms with E-state index in [0.717, 1.165) is 18.2 Å². The van der Waals surface area contributed by atoms with Crippen LogP contribution in [0.5, 0.6) is 0 Å². The van der Waals surface area contributed by atoms with Crippen LogP contribution in [0.3, 0.4) is 0 Å². The van der Waals surface area contributed by atoms with Gasteiger partial charge < -0.3 is 4.90 Å². The van der Waals surface area contributed by atoms with E-state index >= 15 is 0 Å². The molecule has 0 aliphatic carbocycles. The Morgan fingerprint density at radius 2 is 2.16 bits per heavy atom. The molecule has 0 heterocycles.